The Morgan fingerprint density at radius 3 is 2.56 bits per heavy atom. The average molecular weight is 406 g/mol. The van der Waals surface area contributed by atoms with Gasteiger partial charge >= 0.3 is 12.1 Å². The molecule has 10 heteroatoms. The van der Waals surface area contributed by atoms with Gasteiger partial charge in [-0.25, -0.2) is 13.9 Å². The highest BCUT2D eigenvalue weighted by Crippen LogP contribution is 2.32. The van der Waals surface area contributed by atoms with Gasteiger partial charge in [-0.1, -0.05) is 0 Å². The van der Waals surface area contributed by atoms with Crippen molar-refractivity contribution in [3.05, 3.63) is 35.3 Å². The first-order chi connectivity index (χ1) is 12.7. The maximum Gasteiger partial charge on any atom is 0.398 e. The predicted octanol–water partition coefficient (Wildman–Crippen LogP) is 4.55. The molecular weight excluding hydrogens is 388 g/mol. The van der Waals surface area contributed by atoms with E-state index in [1.807, 2.05) is 0 Å². The molecule has 2 aromatic rings. The SMILES string of the molecule is CCOC(=O)c1cn(-c2cc(SCC(F)(F)F)c(C)cc2F)nc1OCC. The van der Waals surface area contributed by atoms with Gasteiger partial charge in [-0.05, 0) is 38.5 Å². The zero-order valence-corrected chi connectivity index (χ0v) is 15.7. The molecule has 0 radical (unpaired) electrons. The van der Waals surface area contributed by atoms with Crippen LogP contribution in [0.15, 0.2) is 23.2 Å². The molecule has 27 heavy (non-hydrogen) atoms. The molecule has 0 saturated heterocycles. The van der Waals surface area contributed by atoms with Crippen LogP contribution >= 0.6 is 11.8 Å². The van der Waals surface area contributed by atoms with Crippen molar-refractivity contribution in [3.63, 3.8) is 0 Å². The van der Waals surface area contributed by atoms with Crippen molar-refractivity contribution in [2.24, 2.45) is 0 Å². The van der Waals surface area contributed by atoms with Crippen LogP contribution in [0.25, 0.3) is 5.69 Å². The lowest BCUT2D eigenvalue weighted by Gasteiger charge is -2.11. The summed E-state index contributed by atoms with van der Waals surface area (Å²) in [6, 6.07) is 2.39. The quantitative estimate of drug-likeness (QED) is 0.384. The van der Waals surface area contributed by atoms with Gasteiger partial charge in [-0.2, -0.15) is 13.2 Å². The number of alkyl halides is 3. The van der Waals surface area contributed by atoms with E-state index in [0.29, 0.717) is 17.3 Å². The molecule has 1 aromatic heterocycles. The fraction of sp³-hybridized carbons (Fsp3) is 0.412. The lowest BCUT2D eigenvalue weighted by atomic mass is 10.2. The third-order valence-corrected chi connectivity index (χ3v) is 4.56. The second-order valence-corrected chi connectivity index (χ2v) is 6.44. The summed E-state index contributed by atoms with van der Waals surface area (Å²) in [7, 11) is 0. The number of hydrogen-bond donors (Lipinski definition) is 0. The van der Waals surface area contributed by atoms with E-state index in [-0.39, 0.29) is 35.2 Å². The molecule has 1 heterocycles. The number of esters is 1. The second-order valence-electron chi connectivity index (χ2n) is 5.42. The van der Waals surface area contributed by atoms with Crippen LogP contribution in [0.3, 0.4) is 0 Å². The number of nitrogens with zero attached hydrogens (tertiary/aromatic N) is 2. The molecule has 0 saturated carbocycles. The number of halogens is 4. The van der Waals surface area contributed by atoms with E-state index in [1.165, 1.54) is 19.2 Å². The molecule has 0 spiro atoms. The summed E-state index contributed by atoms with van der Waals surface area (Å²) in [5.74, 6) is -2.52. The van der Waals surface area contributed by atoms with E-state index in [2.05, 4.69) is 5.10 Å². The van der Waals surface area contributed by atoms with Gasteiger partial charge < -0.3 is 9.47 Å². The number of ether oxygens (including phenoxy) is 2. The molecule has 2 rings (SSSR count). The zero-order chi connectivity index (χ0) is 20.2. The maximum atomic E-state index is 14.4. The van der Waals surface area contributed by atoms with Crippen molar-refractivity contribution in [2.45, 2.75) is 31.8 Å². The Bertz CT molecular complexity index is 821. The third kappa shape index (κ3) is 5.38. The van der Waals surface area contributed by atoms with Gasteiger partial charge in [0.1, 0.15) is 17.1 Å². The number of rotatable bonds is 7. The highest BCUT2D eigenvalue weighted by atomic mass is 32.2. The Morgan fingerprint density at radius 2 is 1.96 bits per heavy atom. The lowest BCUT2D eigenvalue weighted by molar-refractivity contribution is -0.105. The predicted molar refractivity (Wildman–Crippen MR) is 92.2 cm³/mol. The first-order valence-corrected chi connectivity index (χ1v) is 9.04. The van der Waals surface area contributed by atoms with E-state index in [0.717, 1.165) is 10.7 Å². The molecule has 5 nitrogen and oxygen atoms in total. The van der Waals surface area contributed by atoms with Crippen LogP contribution in [0.5, 0.6) is 5.88 Å². The highest BCUT2D eigenvalue weighted by Gasteiger charge is 2.28. The van der Waals surface area contributed by atoms with Gasteiger partial charge in [0, 0.05) is 11.1 Å². The summed E-state index contributed by atoms with van der Waals surface area (Å²) in [6.45, 7) is 5.18. The number of thioether (sulfide) groups is 1. The first kappa shape index (κ1) is 21.1. The zero-order valence-electron chi connectivity index (χ0n) is 14.9. The summed E-state index contributed by atoms with van der Waals surface area (Å²) >= 11 is 0.552. The van der Waals surface area contributed by atoms with Crippen molar-refractivity contribution >= 4 is 17.7 Å². The molecule has 0 amide bonds. The number of benzene rings is 1. The van der Waals surface area contributed by atoms with E-state index in [9.17, 15) is 22.4 Å². The van der Waals surface area contributed by atoms with E-state index >= 15 is 0 Å². The van der Waals surface area contributed by atoms with Crippen LogP contribution in [-0.2, 0) is 4.74 Å². The number of aromatic nitrogens is 2. The second kappa shape index (κ2) is 8.64. The van der Waals surface area contributed by atoms with Gasteiger partial charge in [0.2, 0.25) is 5.88 Å². The summed E-state index contributed by atoms with van der Waals surface area (Å²) in [6.07, 6.45) is -3.12. The molecule has 0 aliphatic rings. The molecule has 0 atom stereocenters. The summed E-state index contributed by atoms with van der Waals surface area (Å²) < 4.78 is 63.2. The smallest absolute Gasteiger partial charge is 0.398 e. The van der Waals surface area contributed by atoms with Gasteiger partial charge in [-0.15, -0.1) is 16.9 Å². The Hall–Kier alpha value is -2.23. The van der Waals surface area contributed by atoms with Gasteiger partial charge in [-0.3, -0.25) is 0 Å². The number of carbonyl (C=O) groups excluding carboxylic acids is 1. The molecule has 0 aliphatic heterocycles. The van der Waals surface area contributed by atoms with Crippen LogP contribution in [0, 0.1) is 12.7 Å². The average Bonchev–Trinajstić information content (AvgIpc) is 2.97. The minimum atomic E-state index is -4.35. The molecule has 1 aromatic carbocycles. The Morgan fingerprint density at radius 1 is 1.26 bits per heavy atom. The largest absolute Gasteiger partial charge is 0.476 e. The van der Waals surface area contributed by atoms with Crippen molar-refractivity contribution in [1.82, 2.24) is 9.78 Å². The normalized spacial score (nSPS) is 11.5. The Kier molecular flexibility index (Phi) is 6.74. The summed E-state index contributed by atoms with van der Waals surface area (Å²) in [5, 5.41) is 4.04. The Balaban J connectivity index is 2.44. The van der Waals surface area contributed by atoms with Crippen molar-refractivity contribution < 1.29 is 31.8 Å². The summed E-state index contributed by atoms with van der Waals surface area (Å²) in [4.78, 5) is 12.3. The third-order valence-electron chi connectivity index (χ3n) is 3.34. The first-order valence-electron chi connectivity index (χ1n) is 8.06. The number of carbonyl (C=O) groups is 1. The summed E-state index contributed by atoms with van der Waals surface area (Å²) in [5.41, 5.74) is 0.276. The molecule has 0 unspecified atom stereocenters. The molecule has 0 aliphatic carbocycles. The van der Waals surface area contributed by atoms with Crippen molar-refractivity contribution in [2.75, 3.05) is 19.0 Å². The van der Waals surface area contributed by atoms with Gasteiger partial charge in [0.25, 0.3) is 0 Å². The minimum Gasteiger partial charge on any atom is -0.476 e. The number of aryl methyl sites for hydroxylation is 1. The van der Waals surface area contributed by atoms with E-state index in [1.54, 1.807) is 13.8 Å². The fourth-order valence-electron chi connectivity index (χ4n) is 2.21. The van der Waals surface area contributed by atoms with E-state index in [4.69, 9.17) is 9.47 Å². The Labute approximate surface area is 157 Å². The molecule has 0 bridgehead atoms. The molecule has 148 valence electrons. The van der Waals surface area contributed by atoms with E-state index < -0.39 is 23.7 Å². The van der Waals surface area contributed by atoms with Gasteiger partial charge in [0.05, 0.1) is 19.0 Å². The van der Waals surface area contributed by atoms with Crippen molar-refractivity contribution in [3.8, 4) is 11.6 Å². The molecular formula is C17H18F4N2O3S. The van der Waals surface area contributed by atoms with Crippen LogP contribution in [0.1, 0.15) is 29.8 Å². The molecule has 0 fully saturated rings. The monoisotopic (exact) mass is 406 g/mol. The van der Waals surface area contributed by atoms with Gasteiger partial charge in [0.15, 0.2) is 0 Å². The van der Waals surface area contributed by atoms with Crippen LogP contribution in [0.2, 0.25) is 0 Å². The van der Waals surface area contributed by atoms with Crippen LogP contribution < -0.4 is 4.74 Å². The maximum absolute atomic E-state index is 14.4. The van der Waals surface area contributed by atoms with Crippen LogP contribution in [0.4, 0.5) is 17.6 Å². The topological polar surface area (TPSA) is 53.4 Å². The minimum absolute atomic E-state index is 0.00293. The van der Waals surface area contributed by atoms with Crippen LogP contribution in [-0.4, -0.2) is 40.9 Å². The highest BCUT2D eigenvalue weighted by molar-refractivity contribution is 7.99. The fourth-order valence-corrected chi connectivity index (χ4v) is 3.01. The standard InChI is InChI=1S/C17H18F4N2O3S/c1-4-25-15-11(16(24)26-5-2)8-23(22-15)13-7-14(10(3)6-12(13)18)27-9-17(19,20)21/h6-8H,4-5,9H2,1-3H3. The van der Waals surface area contributed by atoms with Crippen molar-refractivity contribution in [1.29, 1.82) is 0 Å². The number of hydrogen-bond acceptors (Lipinski definition) is 5. The molecule has 0 N–H and O–H groups in total. The lowest BCUT2D eigenvalue weighted by Crippen LogP contribution is -2.11.